The number of carbonyl (C=O) groups excluding carboxylic acids is 1. The summed E-state index contributed by atoms with van der Waals surface area (Å²) in [6.07, 6.45) is -1.41. The number of nitrogens with zero attached hydrogens (tertiary/aromatic N) is 5. The van der Waals surface area contributed by atoms with Crippen LogP contribution in [0.1, 0.15) is 24.5 Å². The van der Waals surface area contributed by atoms with Gasteiger partial charge in [-0.25, -0.2) is 4.98 Å². The molecule has 0 bridgehead atoms. The number of fused-ring (bicyclic) bond motifs is 1. The third kappa shape index (κ3) is 7.81. The third-order valence-corrected chi connectivity index (χ3v) is 6.76. The summed E-state index contributed by atoms with van der Waals surface area (Å²) in [6.45, 7) is 4.85. The van der Waals surface area contributed by atoms with Crippen LogP contribution in [0.25, 0.3) is 10.7 Å². The van der Waals surface area contributed by atoms with Crippen LogP contribution in [-0.4, -0.2) is 55.6 Å². The van der Waals surface area contributed by atoms with Crippen LogP contribution in [0.4, 0.5) is 41.7 Å². The minimum Gasteiger partial charge on any atom is -0.682 e. The first-order chi connectivity index (χ1) is 19.2. The van der Waals surface area contributed by atoms with Crippen LogP contribution in [0.15, 0.2) is 48.7 Å². The summed E-state index contributed by atoms with van der Waals surface area (Å²) in [5, 5.41) is 7.28. The fourth-order valence-electron chi connectivity index (χ4n) is 4.72. The molecule has 1 radical (unpaired) electrons. The molecule has 13 heteroatoms. The SMILES string of the molecule is CC(=O)Nc1cc(Oc2ccc(N[N-]c3cc(N4CCN(C)CC4)cc(C(F)(F)F)c3)c3c2CCC[N-]3)ccn1.[Y]. The number of amides is 1. The molecule has 2 N–H and O–H groups in total. The summed E-state index contributed by atoms with van der Waals surface area (Å²) in [5.74, 6) is 1.23. The molecule has 1 fully saturated rings. The van der Waals surface area contributed by atoms with Crippen LogP contribution in [0.3, 0.4) is 0 Å². The maximum atomic E-state index is 13.7. The number of nitrogens with one attached hydrogen (secondary N) is 2. The molecule has 5 rings (SSSR count). The van der Waals surface area contributed by atoms with Gasteiger partial charge in [0.1, 0.15) is 17.3 Å². The largest absolute Gasteiger partial charge is 0.682 e. The van der Waals surface area contributed by atoms with E-state index in [0.29, 0.717) is 60.4 Å². The number of carbonyl (C=O) groups is 1. The summed E-state index contributed by atoms with van der Waals surface area (Å²) in [7, 11) is 2.00. The molecule has 0 atom stereocenters. The van der Waals surface area contributed by atoms with Crippen LogP contribution >= 0.6 is 0 Å². The van der Waals surface area contributed by atoms with Gasteiger partial charge in [0.2, 0.25) is 5.91 Å². The van der Waals surface area contributed by atoms with Crippen molar-refractivity contribution in [2.45, 2.75) is 25.9 Å². The molecule has 215 valence electrons. The molecule has 1 saturated heterocycles. The first-order valence-corrected chi connectivity index (χ1v) is 13.0. The monoisotopic (exact) mass is 642 g/mol. The van der Waals surface area contributed by atoms with Crippen molar-refractivity contribution >= 4 is 34.5 Å². The van der Waals surface area contributed by atoms with E-state index >= 15 is 0 Å². The van der Waals surface area contributed by atoms with E-state index in [-0.39, 0.29) is 44.3 Å². The van der Waals surface area contributed by atoms with Crippen molar-refractivity contribution < 1.29 is 55.4 Å². The number of anilines is 3. The van der Waals surface area contributed by atoms with Crippen molar-refractivity contribution in [1.82, 2.24) is 9.88 Å². The van der Waals surface area contributed by atoms with E-state index in [0.717, 1.165) is 31.1 Å². The molecular formula is C28H30F3N7O2Y-2. The number of aromatic nitrogens is 1. The molecule has 0 aliphatic carbocycles. The Morgan fingerprint density at radius 1 is 1.10 bits per heavy atom. The van der Waals surface area contributed by atoms with Gasteiger partial charge in [0.15, 0.2) is 0 Å². The minimum absolute atomic E-state index is 0. The number of pyridine rings is 1. The standard InChI is InChI=1S/C28H30F3N7O2.Y/c1-18(39)34-26-17-22(7-9-32-26)40-25-6-5-24(27-23(25)4-3-8-33-27)36-35-20-14-19(28(29,30)31)15-21(16-20)38-12-10-37(2)11-13-38;/h5-7,9,14-17,36H,3-4,8,10-13H2,1-2H3,(H,32,34,39);/q-2;. The maximum absolute atomic E-state index is 13.7. The first-order valence-electron chi connectivity index (χ1n) is 13.0. The van der Waals surface area contributed by atoms with Gasteiger partial charge in [-0.15, -0.1) is 17.9 Å². The zero-order chi connectivity index (χ0) is 28.3. The Bertz CT molecular complexity index is 1380. The van der Waals surface area contributed by atoms with E-state index in [1.54, 1.807) is 30.3 Å². The molecule has 1 amide bonds. The Morgan fingerprint density at radius 2 is 1.88 bits per heavy atom. The van der Waals surface area contributed by atoms with Crippen LogP contribution in [0, 0.1) is 0 Å². The Labute approximate surface area is 262 Å². The Morgan fingerprint density at radius 3 is 2.61 bits per heavy atom. The van der Waals surface area contributed by atoms with Gasteiger partial charge in [0, 0.05) is 89.4 Å². The molecule has 1 aromatic heterocycles. The third-order valence-electron chi connectivity index (χ3n) is 6.76. The molecule has 0 spiro atoms. The van der Waals surface area contributed by atoms with Crippen molar-refractivity contribution in [3.8, 4) is 11.5 Å². The number of ether oxygens (including phenoxy) is 1. The molecule has 2 aliphatic heterocycles. The average molecular weight is 642 g/mol. The number of alkyl halides is 3. The average Bonchev–Trinajstić information content (AvgIpc) is 2.92. The van der Waals surface area contributed by atoms with Gasteiger partial charge < -0.3 is 36.0 Å². The molecule has 2 aliphatic rings. The molecular weight excluding hydrogens is 612 g/mol. The molecule has 9 nitrogen and oxygen atoms in total. The molecule has 2 aromatic carbocycles. The predicted molar refractivity (Wildman–Crippen MR) is 149 cm³/mol. The zero-order valence-electron chi connectivity index (χ0n) is 22.8. The maximum Gasteiger partial charge on any atom is 0.416 e. The second-order valence-corrected chi connectivity index (χ2v) is 9.83. The van der Waals surface area contributed by atoms with E-state index in [1.807, 2.05) is 11.9 Å². The van der Waals surface area contributed by atoms with Gasteiger partial charge in [-0.05, 0) is 43.3 Å². The summed E-state index contributed by atoms with van der Waals surface area (Å²) in [5.41, 5.74) is 9.34. The van der Waals surface area contributed by atoms with Gasteiger partial charge in [-0.2, -0.15) is 13.2 Å². The molecule has 0 unspecified atom stereocenters. The number of hydrogen-bond donors (Lipinski definition) is 2. The predicted octanol–water partition coefficient (Wildman–Crippen LogP) is 6.58. The summed E-state index contributed by atoms with van der Waals surface area (Å²) >= 11 is 0. The fourth-order valence-corrected chi connectivity index (χ4v) is 4.72. The first kappa shape index (κ1) is 30.9. The Kier molecular flexibility index (Phi) is 9.98. The second kappa shape index (κ2) is 13.3. The number of likely N-dealkylation sites (N-methyl/N-ethyl adjacent to an activating group) is 1. The van der Waals surface area contributed by atoms with Gasteiger partial charge in [0.25, 0.3) is 0 Å². The number of rotatable bonds is 7. The van der Waals surface area contributed by atoms with E-state index in [9.17, 15) is 18.0 Å². The van der Waals surface area contributed by atoms with Crippen LogP contribution < -0.4 is 20.4 Å². The molecule has 3 heterocycles. The topological polar surface area (TPSA) is 97.9 Å². The quantitative estimate of drug-likeness (QED) is 0.283. The van der Waals surface area contributed by atoms with Crippen molar-refractivity contribution in [1.29, 1.82) is 0 Å². The number of halogens is 3. The Balaban J connectivity index is 0.00000387. The molecule has 41 heavy (non-hydrogen) atoms. The normalized spacial score (nSPS) is 15.2. The smallest absolute Gasteiger partial charge is 0.416 e. The van der Waals surface area contributed by atoms with Gasteiger partial charge in [-0.3, -0.25) is 4.79 Å². The number of piperazine rings is 1. The van der Waals surface area contributed by atoms with E-state index in [1.165, 1.54) is 19.2 Å². The van der Waals surface area contributed by atoms with E-state index in [2.05, 4.69) is 31.4 Å². The zero-order valence-corrected chi connectivity index (χ0v) is 25.7. The van der Waals surface area contributed by atoms with Crippen molar-refractivity contribution in [2.75, 3.05) is 55.4 Å². The summed E-state index contributed by atoms with van der Waals surface area (Å²) in [6, 6.07) is 10.7. The van der Waals surface area contributed by atoms with Gasteiger partial charge in [-0.1, -0.05) is 18.6 Å². The van der Waals surface area contributed by atoms with Gasteiger partial charge >= 0.3 is 6.18 Å². The van der Waals surface area contributed by atoms with E-state index in [4.69, 9.17) is 4.74 Å². The fraction of sp³-hybridized carbons (Fsp3) is 0.357. The number of benzene rings is 2. The van der Waals surface area contributed by atoms with Gasteiger partial charge in [0.05, 0.1) is 5.56 Å². The van der Waals surface area contributed by atoms with Crippen LogP contribution in [0.5, 0.6) is 11.5 Å². The Hall–Kier alpha value is -3.09. The van der Waals surface area contributed by atoms with Crippen molar-refractivity contribution in [3.05, 3.63) is 70.5 Å². The van der Waals surface area contributed by atoms with Crippen LogP contribution in [0.2, 0.25) is 0 Å². The second-order valence-electron chi connectivity index (χ2n) is 9.83. The summed E-state index contributed by atoms with van der Waals surface area (Å²) in [4.78, 5) is 19.6. The summed E-state index contributed by atoms with van der Waals surface area (Å²) < 4.78 is 47.3. The molecule has 0 saturated carbocycles. The minimum atomic E-state index is -4.49. The van der Waals surface area contributed by atoms with Crippen molar-refractivity contribution in [2.24, 2.45) is 0 Å². The molecule has 3 aromatic rings. The number of hydrogen-bond acceptors (Lipinski definition) is 6. The van der Waals surface area contributed by atoms with Crippen LogP contribution in [-0.2, 0) is 50.1 Å². The van der Waals surface area contributed by atoms with Crippen molar-refractivity contribution in [3.63, 3.8) is 0 Å². The van der Waals surface area contributed by atoms with E-state index < -0.39 is 11.7 Å².